The average Bonchev–Trinajstić information content (AvgIpc) is 3.73. The zero-order valence-electron chi connectivity index (χ0n) is 31.2. The fraction of sp³-hybridized carbons (Fsp3) is 0.368. The Morgan fingerprint density at radius 1 is 0.800 bits per heavy atom. The van der Waals surface area contributed by atoms with Crippen LogP contribution in [0.3, 0.4) is 0 Å². The third-order valence-electron chi connectivity index (χ3n) is 9.26. The molecule has 0 radical (unpaired) electrons. The van der Waals surface area contributed by atoms with Gasteiger partial charge in [0.15, 0.2) is 23.0 Å². The first-order chi connectivity index (χ1) is 26.7. The van der Waals surface area contributed by atoms with E-state index in [-0.39, 0.29) is 29.2 Å². The number of hydrogen-bond acceptors (Lipinski definition) is 14. The first-order valence-electron chi connectivity index (χ1n) is 17.4. The molecule has 1 unspecified atom stereocenters. The number of fused-ring (bicyclic) bond motifs is 1. The monoisotopic (exact) mass is 790 g/mol. The lowest BCUT2D eigenvalue weighted by atomic mass is 10.1. The molecule has 3 amide bonds. The van der Waals surface area contributed by atoms with E-state index in [0.717, 1.165) is 11.8 Å². The van der Waals surface area contributed by atoms with Crippen LogP contribution in [-0.4, -0.2) is 128 Å². The number of carbonyl (C=O) groups is 4. The number of benzene rings is 3. The number of thioether (sulfide) groups is 2. The fourth-order valence-corrected chi connectivity index (χ4v) is 8.26. The van der Waals surface area contributed by atoms with Crippen molar-refractivity contribution in [1.29, 1.82) is 0 Å². The molecular weight excluding hydrogens is 749 g/mol. The number of methoxy groups -OCH3 is 5. The summed E-state index contributed by atoms with van der Waals surface area (Å²) in [6.45, 7) is 1.57. The minimum Gasteiger partial charge on any atom is -0.493 e. The van der Waals surface area contributed by atoms with Crippen molar-refractivity contribution in [2.24, 2.45) is 0 Å². The number of nitrogens with one attached hydrogen (secondary N) is 1. The quantitative estimate of drug-likeness (QED) is 0.202. The van der Waals surface area contributed by atoms with Crippen LogP contribution in [0.5, 0.6) is 28.7 Å². The van der Waals surface area contributed by atoms with Gasteiger partial charge in [0.05, 0.1) is 46.9 Å². The lowest BCUT2D eigenvalue weighted by molar-refractivity contribution is -0.135. The molecule has 290 valence electrons. The van der Waals surface area contributed by atoms with Gasteiger partial charge < -0.3 is 43.7 Å². The van der Waals surface area contributed by atoms with Gasteiger partial charge in [-0.05, 0) is 18.2 Å². The highest BCUT2D eigenvalue weighted by Gasteiger charge is 2.35. The number of piperazine rings is 1. The van der Waals surface area contributed by atoms with Crippen molar-refractivity contribution < 1.29 is 42.9 Å². The Hall–Kier alpha value is -5.42. The van der Waals surface area contributed by atoms with Gasteiger partial charge in [-0.1, -0.05) is 42.1 Å². The van der Waals surface area contributed by atoms with Crippen molar-refractivity contribution in [2.45, 2.75) is 12.5 Å². The molecule has 6 rings (SSSR count). The second-order valence-corrected chi connectivity index (χ2v) is 14.5. The third kappa shape index (κ3) is 8.62. The van der Waals surface area contributed by atoms with Crippen molar-refractivity contribution >= 4 is 69.0 Å². The Kier molecular flexibility index (Phi) is 12.7. The van der Waals surface area contributed by atoms with Gasteiger partial charge in [-0.2, -0.15) is 4.98 Å². The van der Waals surface area contributed by atoms with E-state index in [1.54, 1.807) is 58.3 Å². The molecule has 2 aliphatic rings. The van der Waals surface area contributed by atoms with Crippen molar-refractivity contribution in [3.05, 3.63) is 65.7 Å². The first-order valence-corrected chi connectivity index (χ1v) is 19.5. The topological polar surface area (TPSA) is 162 Å². The number of aromatic nitrogens is 2. The van der Waals surface area contributed by atoms with Crippen molar-refractivity contribution in [3.8, 4) is 28.7 Å². The minimum atomic E-state index is -0.745. The largest absolute Gasteiger partial charge is 0.493 e. The van der Waals surface area contributed by atoms with Gasteiger partial charge in [0.25, 0.3) is 5.91 Å². The molecule has 0 bridgehead atoms. The zero-order chi connectivity index (χ0) is 39.1. The summed E-state index contributed by atoms with van der Waals surface area (Å²) in [5.41, 5.74) is 1.47. The van der Waals surface area contributed by atoms with Crippen molar-refractivity contribution in [3.63, 3.8) is 0 Å². The van der Waals surface area contributed by atoms with Crippen LogP contribution in [0.4, 0.5) is 11.8 Å². The Labute approximate surface area is 327 Å². The van der Waals surface area contributed by atoms with E-state index in [2.05, 4.69) is 5.32 Å². The number of anilines is 2. The summed E-state index contributed by atoms with van der Waals surface area (Å²) in [5.74, 6) is 2.89. The van der Waals surface area contributed by atoms with E-state index in [4.69, 9.17) is 33.7 Å². The predicted molar refractivity (Wildman–Crippen MR) is 211 cm³/mol. The van der Waals surface area contributed by atoms with Crippen LogP contribution in [-0.2, 0) is 9.59 Å². The van der Waals surface area contributed by atoms with E-state index in [1.165, 1.54) is 47.3 Å². The molecule has 0 spiro atoms. The Morgan fingerprint density at radius 3 is 2.09 bits per heavy atom. The molecule has 1 aromatic heterocycles. The van der Waals surface area contributed by atoms with Gasteiger partial charge in [0, 0.05) is 66.7 Å². The second kappa shape index (κ2) is 17.8. The number of rotatable bonds is 13. The van der Waals surface area contributed by atoms with Gasteiger partial charge >= 0.3 is 0 Å². The molecule has 1 atom stereocenters. The molecule has 2 aliphatic heterocycles. The molecule has 1 N–H and O–H groups in total. The van der Waals surface area contributed by atoms with Crippen LogP contribution in [0.25, 0.3) is 10.9 Å². The standard InChI is InChI=1S/C38H42N6O9S2/c1-49-28-19-25-26(20-29(28)50-2)39-38(43-14-12-42(13-15-43)36(47)24-17-30(51-3)33(53-5)31(18-24)52-4)41-34(25)40-35(46)27-21-54-22-44(27)32(45)11-16-55-37(48)23-9-7-6-8-10-23/h6-10,17-20,27H,11-16,21-22H2,1-5H3,(H,39,40,41,46). The van der Waals surface area contributed by atoms with E-state index >= 15 is 0 Å². The maximum absolute atomic E-state index is 13.9. The minimum absolute atomic E-state index is 0.108. The summed E-state index contributed by atoms with van der Waals surface area (Å²) in [7, 11) is 7.54. The van der Waals surface area contributed by atoms with Crippen LogP contribution in [0.15, 0.2) is 54.6 Å². The predicted octanol–water partition coefficient (Wildman–Crippen LogP) is 4.44. The summed E-state index contributed by atoms with van der Waals surface area (Å²) < 4.78 is 27.4. The normalized spacial score (nSPS) is 15.4. The molecule has 2 fully saturated rings. The van der Waals surface area contributed by atoms with Crippen LogP contribution in [0, 0.1) is 0 Å². The number of nitrogens with zero attached hydrogens (tertiary/aromatic N) is 5. The van der Waals surface area contributed by atoms with Gasteiger partial charge in [0.2, 0.25) is 28.6 Å². The molecule has 2 saturated heterocycles. The van der Waals surface area contributed by atoms with E-state index < -0.39 is 11.9 Å². The highest BCUT2D eigenvalue weighted by atomic mass is 32.2. The summed E-state index contributed by atoms with van der Waals surface area (Å²) in [4.78, 5) is 68.2. The smallest absolute Gasteiger partial charge is 0.254 e. The SMILES string of the molecule is COc1cc2nc(N3CCN(C(=O)c4cc(OC)c(OC)c(OC)c4)CC3)nc(NC(=O)C3CSCN3C(=O)CCSC(=O)c3ccccc3)c2cc1OC. The molecule has 3 aromatic carbocycles. The molecule has 0 aliphatic carbocycles. The maximum Gasteiger partial charge on any atom is 0.254 e. The first kappa shape index (κ1) is 39.3. The summed E-state index contributed by atoms with van der Waals surface area (Å²) in [6.07, 6.45) is 0.110. The average molecular weight is 791 g/mol. The fourth-order valence-electron chi connectivity index (χ4n) is 6.31. The van der Waals surface area contributed by atoms with Gasteiger partial charge in [-0.25, -0.2) is 4.98 Å². The molecule has 0 saturated carbocycles. The number of carbonyl (C=O) groups excluding carboxylic acids is 4. The maximum atomic E-state index is 13.9. The number of ether oxygens (including phenoxy) is 5. The Morgan fingerprint density at radius 2 is 1.45 bits per heavy atom. The summed E-state index contributed by atoms with van der Waals surface area (Å²) in [5, 5.41) is 3.39. The lowest BCUT2D eigenvalue weighted by Crippen LogP contribution is -2.49. The third-order valence-corrected chi connectivity index (χ3v) is 11.2. The van der Waals surface area contributed by atoms with Crippen molar-refractivity contribution in [2.75, 3.05) is 89.3 Å². The Balaban J connectivity index is 1.18. The van der Waals surface area contributed by atoms with Crippen LogP contribution in [0.1, 0.15) is 27.1 Å². The van der Waals surface area contributed by atoms with Crippen LogP contribution < -0.4 is 33.9 Å². The highest BCUT2D eigenvalue weighted by Crippen LogP contribution is 2.39. The molecule has 4 aromatic rings. The summed E-state index contributed by atoms with van der Waals surface area (Å²) in [6, 6.07) is 14.8. The van der Waals surface area contributed by atoms with E-state index in [1.807, 2.05) is 11.0 Å². The molecule has 15 nitrogen and oxygen atoms in total. The Bertz CT molecular complexity index is 2040. The lowest BCUT2D eigenvalue weighted by Gasteiger charge is -2.35. The summed E-state index contributed by atoms with van der Waals surface area (Å²) >= 11 is 2.56. The highest BCUT2D eigenvalue weighted by molar-refractivity contribution is 8.14. The molecule has 55 heavy (non-hydrogen) atoms. The van der Waals surface area contributed by atoms with E-state index in [0.29, 0.717) is 100 Å². The molecule has 3 heterocycles. The number of amides is 3. The molecular formula is C38H42N6O9S2. The number of hydrogen-bond donors (Lipinski definition) is 1. The van der Waals surface area contributed by atoms with Gasteiger partial charge in [-0.15, -0.1) is 11.8 Å². The molecule has 17 heteroatoms. The van der Waals surface area contributed by atoms with Crippen LogP contribution in [0.2, 0.25) is 0 Å². The van der Waals surface area contributed by atoms with Gasteiger partial charge in [-0.3, -0.25) is 19.2 Å². The zero-order valence-corrected chi connectivity index (χ0v) is 32.8. The second-order valence-electron chi connectivity index (χ2n) is 12.4. The van der Waals surface area contributed by atoms with Crippen LogP contribution >= 0.6 is 23.5 Å². The van der Waals surface area contributed by atoms with Gasteiger partial charge in [0.1, 0.15) is 11.9 Å². The van der Waals surface area contributed by atoms with E-state index in [9.17, 15) is 19.2 Å². The van der Waals surface area contributed by atoms with Crippen molar-refractivity contribution in [1.82, 2.24) is 19.8 Å².